The van der Waals surface area contributed by atoms with E-state index in [9.17, 15) is 8.78 Å². The Kier molecular flexibility index (Phi) is 3.62. The third kappa shape index (κ3) is 2.75. The van der Waals surface area contributed by atoms with Gasteiger partial charge in [0.2, 0.25) is 0 Å². The zero-order chi connectivity index (χ0) is 12.4. The van der Waals surface area contributed by atoms with E-state index in [0.29, 0.717) is 6.42 Å². The van der Waals surface area contributed by atoms with Gasteiger partial charge in [-0.1, -0.05) is 0 Å². The zero-order valence-corrected chi connectivity index (χ0v) is 10.0. The molecule has 1 unspecified atom stereocenters. The maximum Gasteiger partial charge on any atom is 0.160 e. The van der Waals surface area contributed by atoms with Gasteiger partial charge >= 0.3 is 0 Å². The molecule has 2 nitrogen and oxygen atoms in total. The molecule has 0 bridgehead atoms. The van der Waals surface area contributed by atoms with E-state index in [-0.39, 0.29) is 6.04 Å². The van der Waals surface area contributed by atoms with Crippen LogP contribution in [-0.4, -0.2) is 19.1 Å². The smallest absolute Gasteiger partial charge is 0.160 e. The zero-order valence-electron chi connectivity index (χ0n) is 10.0. The van der Waals surface area contributed by atoms with Gasteiger partial charge in [-0.25, -0.2) is 8.78 Å². The highest BCUT2D eigenvalue weighted by Crippen LogP contribution is 2.28. The number of anilines is 1. The minimum Gasteiger partial charge on any atom is -0.371 e. The van der Waals surface area contributed by atoms with Gasteiger partial charge in [0.1, 0.15) is 0 Å². The Hall–Kier alpha value is -1.16. The topological polar surface area (TPSA) is 29.3 Å². The summed E-state index contributed by atoms with van der Waals surface area (Å²) in [6.45, 7) is 3.70. The van der Waals surface area contributed by atoms with Crippen LogP contribution in [0, 0.1) is 11.6 Å². The fourth-order valence-electron chi connectivity index (χ4n) is 2.34. The second-order valence-corrected chi connectivity index (χ2v) is 4.77. The van der Waals surface area contributed by atoms with Gasteiger partial charge in [-0.2, -0.15) is 0 Å². The van der Waals surface area contributed by atoms with Crippen molar-refractivity contribution in [2.75, 3.05) is 18.0 Å². The number of hydrogen-bond donors (Lipinski definition) is 1. The number of rotatable bonds is 3. The maximum atomic E-state index is 13.3. The molecule has 17 heavy (non-hydrogen) atoms. The minimum absolute atomic E-state index is 0.0544. The van der Waals surface area contributed by atoms with Crippen LogP contribution in [0.5, 0.6) is 0 Å². The van der Waals surface area contributed by atoms with Crippen LogP contribution in [-0.2, 0) is 6.42 Å². The van der Waals surface area contributed by atoms with E-state index in [2.05, 4.69) is 4.90 Å². The predicted molar refractivity (Wildman–Crippen MR) is 65.2 cm³/mol. The van der Waals surface area contributed by atoms with Gasteiger partial charge in [0.15, 0.2) is 11.6 Å². The molecule has 0 aromatic heterocycles. The lowest BCUT2D eigenvalue weighted by Crippen LogP contribution is -2.23. The van der Waals surface area contributed by atoms with E-state index < -0.39 is 11.6 Å². The summed E-state index contributed by atoms with van der Waals surface area (Å²) in [6.07, 6.45) is 2.79. The summed E-state index contributed by atoms with van der Waals surface area (Å²) >= 11 is 0. The van der Waals surface area contributed by atoms with Crippen molar-refractivity contribution in [1.82, 2.24) is 0 Å². The number of hydrogen-bond acceptors (Lipinski definition) is 2. The highest BCUT2D eigenvalue weighted by atomic mass is 19.2. The molecule has 0 aliphatic carbocycles. The van der Waals surface area contributed by atoms with Gasteiger partial charge in [0.25, 0.3) is 0 Å². The van der Waals surface area contributed by atoms with Crippen LogP contribution >= 0.6 is 0 Å². The van der Waals surface area contributed by atoms with Crippen LogP contribution in [0.4, 0.5) is 14.5 Å². The maximum absolute atomic E-state index is 13.3. The molecule has 1 heterocycles. The normalized spacial score (nSPS) is 17.5. The molecule has 1 aliphatic rings. The molecule has 2 N–H and O–H groups in total. The first kappa shape index (κ1) is 12.3. The summed E-state index contributed by atoms with van der Waals surface area (Å²) in [5, 5.41) is 0. The first-order valence-corrected chi connectivity index (χ1v) is 6.06. The Morgan fingerprint density at radius 3 is 2.41 bits per heavy atom. The summed E-state index contributed by atoms with van der Waals surface area (Å²) in [4.78, 5) is 2.11. The van der Waals surface area contributed by atoms with Crippen molar-refractivity contribution in [1.29, 1.82) is 0 Å². The Labute approximate surface area is 100 Å². The fourth-order valence-corrected chi connectivity index (χ4v) is 2.34. The van der Waals surface area contributed by atoms with Crippen LogP contribution in [0.25, 0.3) is 0 Å². The molecule has 0 saturated carbocycles. The molecule has 1 saturated heterocycles. The van der Waals surface area contributed by atoms with E-state index >= 15 is 0 Å². The van der Waals surface area contributed by atoms with Gasteiger partial charge in [-0.05, 0) is 37.8 Å². The quantitative estimate of drug-likeness (QED) is 0.879. The fraction of sp³-hybridized carbons (Fsp3) is 0.538. The molecular weight excluding hydrogens is 222 g/mol. The van der Waals surface area contributed by atoms with Crippen LogP contribution < -0.4 is 10.6 Å². The molecule has 1 aliphatic heterocycles. The summed E-state index contributed by atoms with van der Waals surface area (Å²) in [7, 11) is 0. The van der Waals surface area contributed by atoms with Gasteiger partial charge in [-0.3, -0.25) is 0 Å². The van der Waals surface area contributed by atoms with E-state index in [4.69, 9.17) is 5.73 Å². The SMILES string of the molecule is CC(N)Cc1cc(F)c(F)cc1N1CCCC1. The number of nitrogens with zero attached hydrogens (tertiary/aromatic N) is 1. The third-order valence-electron chi connectivity index (χ3n) is 3.11. The van der Waals surface area contributed by atoms with Crippen molar-refractivity contribution < 1.29 is 8.78 Å². The average molecular weight is 240 g/mol. The Bertz CT molecular complexity index is 399. The van der Waals surface area contributed by atoms with Crippen molar-refractivity contribution in [3.8, 4) is 0 Å². The summed E-state index contributed by atoms with van der Waals surface area (Å²) in [5.74, 6) is -1.57. The largest absolute Gasteiger partial charge is 0.371 e. The standard InChI is InChI=1S/C13H18F2N2/c1-9(16)6-10-7-11(14)12(15)8-13(10)17-4-2-3-5-17/h7-9H,2-6,16H2,1H3. The lowest BCUT2D eigenvalue weighted by Gasteiger charge is -2.22. The van der Waals surface area contributed by atoms with Gasteiger partial charge in [0, 0.05) is 30.9 Å². The van der Waals surface area contributed by atoms with E-state index in [1.54, 1.807) is 0 Å². The van der Waals surface area contributed by atoms with Crippen LogP contribution in [0.2, 0.25) is 0 Å². The second-order valence-electron chi connectivity index (χ2n) is 4.77. The molecule has 1 aromatic carbocycles. The molecular formula is C13H18F2N2. The van der Waals surface area contributed by atoms with E-state index in [1.807, 2.05) is 6.92 Å². The third-order valence-corrected chi connectivity index (χ3v) is 3.11. The minimum atomic E-state index is -0.788. The Balaban J connectivity index is 2.35. The van der Waals surface area contributed by atoms with Crippen molar-refractivity contribution in [3.05, 3.63) is 29.3 Å². The lowest BCUT2D eigenvalue weighted by atomic mass is 10.0. The number of halogens is 2. The Morgan fingerprint density at radius 1 is 1.24 bits per heavy atom. The van der Waals surface area contributed by atoms with E-state index in [1.165, 1.54) is 12.1 Å². The average Bonchev–Trinajstić information content (AvgIpc) is 2.75. The summed E-state index contributed by atoms with van der Waals surface area (Å²) in [6, 6.07) is 2.53. The Morgan fingerprint density at radius 2 is 1.82 bits per heavy atom. The molecule has 0 spiro atoms. The highest BCUT2D eigenvalue weighted by Gasteiger charge is 2.19. The monoisotopic (exact) mass is 240 g/mol. The van der Waals surface area contributed by atoms with Gasteiger partial charge < -0.3 is 10.6 Å². The van der Waals surface area contributed by atoms with Crippen molar-refractivity contribution in [2.24, 2.45) is 5.73 Å². The highest BCUT2D eigenvalue weighted by molar-refractivity contribution is 5.55. The molecule has 1 fully saturated rings. The first-order chi connectivity index (χ1) is 8.08. The summed E-state index contributed by atoms with van der Waals surface area (Å²) < 4.78 is 26.6. The van der Waals surface area contributed by atoms with Crippen molar-refractivity contribution in [2.45, 2.75) is 32.2 Å². The molecule has 1 aromatic rings. The van der Waals surface area contributed by atoms with Crippen LogP contribution in [0.3, 0.4) is 0 Å². The predicted octanol–water partition coefficient (Wildman–Crippen LogP) is 2.45. The molecule has 4 heteroatoms. The van der Waals surface area contributed by atoms with E-state index in [0.717, 1.165) is 37.2 Å². The van der Waals surface area contributed by atoms with Gasteiger partial charge in [-0.15, -0.1) is 0 Å². The van der Waals surface area contributed by atoms with Crippen LogP contribution in [0.1, 0.15) is 25.3 Å². The molecule has 0 amide bonds. The van der Waals surface area contributed by atoms with Crippen LogP contribution in [0.15, 0.2) is 12.1 Å². The molecule has 1 atom stereocenters. The first-order valence-electron chi connectivity index (χ1n) is 6.06. The molecule has 0 radical (unpaired) electrons. The molecule has 2 rings (SSSR count). The lowest BCUT2D eigenvalue weighted by molar-refractivity contribution is 0.506. The summed E-state index contributed by atoms with van der Waals surface area (Å²) in [5.41, 5.74) is 7.36. The second kappa shape index (κ2) is 5.00. The van der Waals surface area contributed by atoms with Crippen molar-refractivity contribution in [3.63, 3.8) is 0 Å². The molecule has 94 valence electrons. The number of benzene rings is 1. The van der Waals surface area contributed by atoms with Crippen molar-refractivity contribution >= 4 is 5.69 Å². The number of nitrogens with two attached hydrogens (primary N) is 1. The van der Waals surface area contributed by atoms with Gasteiger partial charge in [0.05, 0.1) is 0 Å².